The Bertz CT molecular complexity index is 898. The van der Waals surface area contributed by atoms with Gasteiger partial charge in [0.15, 0.2) is 6.10 Å². The average Bonchev–Trinajstić information content (AvgIpc) is 2.83. The summed E-state index contributed by atoms with van der Waals surface area (Å²) in [5, 5.41) is -0.406. The number of esters is 1. The first-order chi connectivity index (χ1) is 13.8. The fraction of sp³-hybridized carbons (Fsp3) is 0.364. The largest absolute Gasteiger partial charge is 0.497 e. The first-order valence-corrected chi connectivity index (χ1v) is 10.3. The van der Waals surface area contributed by atoms with E-state index in [4.69, 9.17) is 15.2 Å². The van der Waals surface area contributed by atoms with E-state index in [2.05, 4.69) is 0 Å². The average molecular weight is 415 g/mol. The third kappa shape index (κ3) is 4.26. The molecule has 0 spiro atoms. The van der Waals surface area contributed by atoms with Gasteiger partial charge in [-0.3, -0.25) is 9.59 Å². The molecule has 2 N–H and O–H groups in total. The molecule has 1 heterocycles. The van der Waals surface area contributed by atoms with E-state index in [0.717, 1.165) is 16.1 Å². The number of para-hydroxylation sites is 1. The Hall–Kier alpha value is -2.51. The monoisotopic (exact) mass is 414 g/mol. The predicted molar refractivity (Wildman–Crippen MR) is 114 cm³/mol. The smallest absolute Gasteiger partial charge is 0.303 e. The van der Waals surface area contributed by atoms with Crippen molar-refractivity contribution in [3.63, 3.8) is 0 Å². The van der Waals surface area contributed by atoms with Gasteiger partial charge in [-0.05, 0) is 43.7 Å². The quantitative estimate of drug-likeness (QED) is 0.754. The number of carbonyl (C=O) groups is 2. The van der Waals surface area contributed by atoms with E-state index in [1.165, 1.54) is 18.7 Å². The van der Waals surface area contributed by atoms with Crippen LogP contribution in [0.4, 0.5) is 5.69 Å². The number of amides is 1. The topological polar surface area (TPSA) is 81.9 Å². The number of hydrogen-bond donors (Lipinski definition) is 1. The van der Waals surface area contributed by atoms with Crippen LogP contribution in [-0.2, 0) is 14.3 Å². The molecule has 0 saturated carbocycles. The molecule has 1 aliphatic heterocycles. The maximum absolute atomic E-state index is 13.7. The molecule has 29 heavy (non-hydrogen) atoms. The van der Waals surface area contributed by atoms with E-state index in [1.54, 1.807) is 12.0 Å². The highest BCUT2D eigenvalue weighted by Crippen LogP contribution is 2.48. The molecule has 0 radical (unpaired) electrons. The number of carbonyl (C=O) groups excluding carboxylic acids is 2. The van der Waals surface area contributed by atoms with Crippen LogP contribution in [0.2, 0.25) is 0 Å². The number of anilines is 1. The molecule has 0 bridgehead atoms. The van der Waals surface area contributed by atoms with Gasteiger partial charge in [-0.1, -0.05) is 24.3 Å². The highest BCUT2D eigenvalue weighted by atomic mass is 32.2. The molecule has 7 heteroatoms. The van der Waals surface area contributed by atoms with Gasteiger partial charge in [-0.25, -0.2) is 0 Å². The highest BCUT2D eigenvalue weighted by molar-refractivity contribution is 7.99. The molecule has 1 aliphatic rings. The van der Waals surface area contributed by atoms with Crippen LogP contribution < -0.4 is 15.4 Å². The van der Waals surface area contributed by atoms with Gasteiger partial charge >= 0.3 is 5.97 Å². The van der Waals surface area contributed by atoms with Crippen LogP contribution in [0.3, 0.4) is 0 Å². The van der Waals surface area contributed by atoms with Crippen molar-refractivity contribution in [2.24, 2.45) is 5.73 Å². The number of ether oxygens (including phenoxy) is 2. The second kappa shape index (κ2) is 8.47. The van der Waals surface area contributed by atoms with E-state index in [9.17, 15) is 9.59 Å². The number of benzene rings is 2. The minimum absolute atomic E-state index is 0.262. The van der Waals surface area contributed by atoms with Gasteiger partial charge in [0.2, 0.25) is 0 Å². The zero-order chi connectivity index (χ0) is 21.2. The third-order valence-electron chi connectivity index (χ3n) is 4.94. The number of rotatable bonds is 5. The molecular weight excluding hydrogens is 388 g/mol. The van der Waals surface area contributed by atoms with E-state index < -0.39 is 22.9 Å². The summed E-state index contributed by atoms with van der Waals surface area (Å²) in [7, 11) is 1.60. The lowest BCUT2D eigenvalue weighted by molar-refractivity contribution is -0.153. The molecule has 0 unspecified atom stereocenters. The maximum Gasteiger partial charge on any atom is 0.303 e. The Morgan fingerprint density at radius 2 is 1.83 bits per heavy atom. The van der Waals surface area contributed by atoms with Crippen molar-refractivity contribution in [1.82, 2.24) is 0 Å². The van der Waals surface area contributed by atoms with Crippen molar-refractivity contribution < 1.29 is 19.1 Å². The fourth-order valence-electron chi connectivity index (χ4n) is 3.36. The van der Waals surface area contributed by atoms with Gasteiger partial charge in [-0.2, -0.15) is 0 Å². The Labute approximate surface area is 175 Å². The van der Waals surface area contributed by atoms with E-state index in [1.807, 2.05) is 62.4 Å². The normalized spacial score (nSPS) is 19.3. The minimum atomic E-state index is -0.982. The first kappa shape index (κ1) is 21.2. The SMILES string of the molecule is COc1ccc([C@@H]2Sc3ccccc3N(C(C)(C)CN)C(=O)[C@@H]2OC(C)=O)cc1. The van der Waals surface area contributed by atoms with Crippen LogP contribution in [0.5, 0.6) is 5.75 Å². The third-order valence-corrected chi connectivity index (χ3v) is 6.31. The van der Waals surface area contributed by atoms with Gasteiger partial charge in [0.05, 0.1) is 23.6 Å². The molecule has 0 aromatic heterocycles. The van der Waals surface area contributed by atoms with Crippen molar-refractivity contribution >= 4 is 29.3 Å². The van der Waals surface area contributed by atoms with E-state index in [0.29, 0.717) is 5.75 Å². The Balaban J connectivity index is 2.16. The number of methoxy groups -OCH3 is 1. The molecule has 6 nitrogen and oxygen atoms in total. The minimum Gasteiger partial charge on any atom is -0.497 e. The van der Waals surface area contributed by atoms with Gasteiger partial charge in [0, 0.05) is 18.4 Å². The van der Waals surface area contributed by atoms with Gasteiger partial charge in [-0.15, -0.1) is 11.8 Å². The van der Waals surface area contributed by atoms with Crippen LogP contribution in [0.25, 0.3) is 0 Å². The summed E-state index contributed by atoms with van der Waals surface area (Å²) < 4.78 is 10.8. The van der Waals surface area contributed by atoms with Gasteiger partial charge < -0.3 is 20.1 Å². The van der Waals surface area contributed by atoms with E-state index >= 15 is 0 Å². The standard InChI is InChI=1S/C22H26N2O4S/c1-14(25)28-19-20(15-9-11-16(27-4)12-10-15)29-18-8-6-5-7-17(18)24(21(19)26)22(2,3)13-23/h5-12,19-20H,13,23H2,1-4H3/t19-,20+/m1/s1. The van der Waals surface area contributed by atoms with Crippen molar-refractivity contribution in [2.45, 2.75) is 42.6 Å². The van der Waals surface area contributed by atoms with Crippen LogP contribution in [-0.4, -0.2) is 37.2 Å². The summed E-state index contributed by atoms with van der Waals surface area (Å²) in [6.07, 6.45) is -0.982. The highest BCUT2D eigenvalue weighted by Gasteiger charge is 2.45. The van der Waals surface area contributed by atoms with Crippen molar-refractivity contribution in [3.05, 3.63) is 54.1 Å². The second-order valence-electron chi connectivity index (χ2n) is 7.50. The zero-order valence-corrected chi connectivity index (χ0v) is 17.9. The van der Waals surface area contributed by atoms with Crippen molar-refractivity contribution in [1.29, 1.82) is 0 Å². The molecular formula is C22H26N2O4S. The Kier molecular flexibility index (Phi) is 6.19. The number of nitrogens with zero attached hydrogens (tertiary/aromatic N) is 1. The van der Waals surface area contributed by atoms with Crippen LogP contribution in [0.15, 0.2) is 53.4 Å². The number of hydrogen-bond acceptors (Lipinski definition) is 6. The maximum atomic E-state index is 13.7. The van der Waals surface area contributed by atoms with Gasteiger partial charge in [0.1, 0.15) is 5.75 Å². The Morgan fingerprint density at radius 3 is 2.41 bits per heavy atom. The lowest BCUT2D eigenvalue weighted by atomic mass is 9.98. The molecule has 2 atom stereocenters. The van der Waals surface area contributed by atoms with Crippen molar-refractivity contribution in [3.8, 4) is 5.75 Å². The predicted octanol–water partition coefficient (Wildman–Crippen LogP) is 3.54. The number of thioether (sulfide) groups is 1. The molecule has 2 aromatic rings. The Morgan fingerprint density at radius 1 is 1.17 bits per heavy atom. The summed E-state index contributed by atoms with van der Waals surface area (Å²) in [4.78, 5) is 28.2. The molecule has 0 fully saturated rings. The molecule has 1 amide bonds. The second-order valence-corrected chi connectivity index (χ2v) is 8.68. The molecule has 2 aromatic carbocycles. The van der Waals surface area contributed by atoms with Crippen LogP contribution in [0, 0.1) is 0 Å². The molecule has 154 valence electrons. The first-order valence-electron chi connectivity index (χ1n) is 9.39. The summed E-state index contributed by atoms with van der Waals surface area (Å²) >= 11 is 1.51. The number of fused-ring (bicyclic) bond motifs is 1. The summed E-state index contributed by atoms with van der Waals surface area (Å²) in [6, 6.07) is 15.2. The molecule has 0 aliphatic carbocycles. The molecule has 0 saturated heterocycles. The summed E-state index contributed by atoms with van der Waals surface area (Å²) in [6.45, 7) is 5.40. The zero-order valence-electron chi connectivity index (χ0n) is 17.0. The summed E-state index contributed by atoms with van der Waals surface area (Å²) in [5.41, 5.74) is 7.00. The fourth-order valence-corrected chi connectivity index (χ4v) is 4.66. The molecule has 3 rings (SSSR count). The van der Waals surface area contributed by atoms with E-state index in [-0.39, 0.29) is 12.5 Å². The van der Waals surface area contributed by atoms with Gasteiger partial charge in [0.25, 0.3) is 5.91 Å². The van der Waals surface area contributed by atoms with Crippen LogP contribution in [0.1, 0.15) is 31.6 Å². The number of nitrogens with two attached hydrogens (primary N) is 1. The lowest BCUT2D eigenvalue weighted by Gasteiger charge is -2.39. The summed E-state index contributed by atoms with van der Waals surface area (Å²) in [5.74, 6) is -0.0677. The van der Waals surface area contributed by atoms with Crippen LogP contribution >= 0.6 is 11.8 Å². The van der Waals surface area contributed by atoms with Crippen molar-refractivity contribution in [2.75, 3.05) is 18.6 Å². The lowest BCUT2D eigenvalue weighted by Crippen LogP contribution is -2.56.